The van der Waals surface area contributed by atoms with Gasteiger partial charge in [0.1, 0.15) is 5.75 Å². The number of thioether (sulfide) groups is 1. The van der Waals surface area contributed by atoms with Gasteiger partial charge in [-0.15, -0.1) is 0 Å². The molecule has 0 aliphatic carbocycles. The summed E-state index contributed by atoms with van der Waals surface area (Å²) in [6, 6.07) is 16.5. The van der Waals surface area contributed by atoms with Gasteiger partial charge in [0, 0.05) is 18.3 Å². The van der Waals surface area contributed by atoms with Gasteiger partial charge in [-0.3, -0.25) is 9.36 Å². The number of amides is 1. The number of ether oxygens (including phenoxy) is 1. The Kier molecular flexibility index (Phi) is 6.62. The number of hydrogen-bond acceptors (Lipinski definition) is 4. The van der Waals surface area contributed by atoms with Crippen molar-refractivity contribution in [3.8, 4) is 11.4 Å². The van der Waals surface area contributed by atoms with Gasteiger partial charge in [-0.05, 0) is 69.0 Å². The second kappa shape index (κ2) is 9.56. The lowest BCUT2D eigenvalue weighted by molar-refractivity contribution is -0.132. The van der Waals surface area contributed by atoms with Crippen molar-refractivity contribution in [3.63, 3.8) is 0 Å². The van der Waals surface area contributed by atoms with Gasteiger partial charge in [0.15, 0.2) is 5.16 Å². The fourth-order valence-electron chi connectivity index (χ4n) is 4.17. The highest BCUT2D eigenvalue weighted by molar-refractivity contribution is 7.99. The first-order valence-corrected chi connectivity index (χ1v) is 11.8. The smallest absolute Gasteiger partial charge is 0.233 e. The summed E-state index contributed by atoms with van der Waals surface area (Å²) in [6.07, 6.45) is 4.49. The zero-order valence-corrected chi connectivity index (χ0v) is 18.5. The molecule has 0 unspecified atom stereocenters. The number of rotatable bonds is 7. The molecule has 2 heterocycles. The molecule has 1 aromatic heterocycles. The average Bonchev–Trinajstić information content (AvgIpc) is 3.16. The number of likely N-dealkylation sites (tertiary alicyclic amines) is 1. The molecular weight excluding hydrogens is 394 g/mol. The average molecular weight is 424 g/mol. The van der Waals surface area contributed by atoms with E-state index in [1.54, 1.807) is 0 Å². The van der Waals surface area contributed by atoms with E-state index < -0.39 is 0 Å². The number of aromatic nitrogens is 2. The van der Waals surface area contributed by atoms with E-state index in [2.05, 4.69) is 22.5 Å². The molecule has 1 aliphatic rings. The van der Waals surface area contributed by atoms with Crippen molar-refractivity contribution in [1.82, 2.24) is 14.5 Å². The van der Waals surface area contributed by atoms with E-state index in [4.69, 9.17) is 9.72 Å². The predicted molar refractivity (Wildman–Crippen MR) is 123 cm³/mol. The number of piperidine rings is 1. The van der Waals surface area contributed by atoms with Gasteiger partial charge in [-0.25, -0.2) is 4.98 Å². The number of benzene rings is 2. The van der Waals surface area contributed by atoms with Crippen LogP contribution < -0.4 is 4.74 Å². The van der Waals surface area contributed by atoms with Crippen LogP contribution in [-0.2, 0) is 4.79 Å². The Balaban J connectivity index is 1.59. The molecule has 0 saturated carbocycles. The molecule has 5 nitrogen and oxygen atoms in total. The van der Waals surface area contributed by atoms with Crippen LogP contribution in [0.2, 0.25) is 0 Å². The number of nitrogens with zero attached hydrogens (tertiary/aromatic N) is 3. The molecule has 2 aromatic carbocycles. The lowest BCUT2D eigenvalue weighted by atomic mass is 10.0. The molecule has 158 valence electrons. The highest BCUT2D eigenvalue weighted by Crippen LogP contribution is 2.30. The summed E-state index contributed by atoms with van der Waals surface area (Å²) in [5.74, 6) is 1.49. The number of carbonyl (C=O) groups excluding carboxylic acids is 1. The topological polar surface area (TPSA) is 47.4 Å². The zero-order valence-electron chi connectivity index (χ0n) is 17.7. The highest BCUT2D eigenvalue weighted by atomic mass is 32.2. The Morgan fingerprint density at radius 2 is 1.93 bits per heavy atom. The van der Waals surface area contributed by atoms with Crippen LogP contribution in [0.25, 0.3) is 16.7 Å². The fourth-order valence-corrected chi connectivity index (χ4v) is 5.09. The molecule has 1 aliphatic heterocycles. The predicted octanol–water partition coefficient (Wildman–Crippen LogP) is 5.31. The molecule has 3 aromatic rings. The largest absolute Gasteiger partial charge is 0.494 e. The molecule has 0 N–H and O–H groups in total. The molecule has 30 heavy (non-hydrogen) atoms. The highest BCUT2D eigenvalue weighted by Gasteiger charge is 2.25. The van der Waals surface area contributed by atoms with E-state index in [9.17, 15) is 4.79 Å². The first-order valence-electron chi connectivity index (χ1n) is 10.8. The van der Waals surface area contributed by atoms with Gasteiger partial charge in [-0.1, -0.05) is 30.8 Å². The van der Waals surface area contributed by atoms with E-state index in [1.165, 1.54) is 18.2 Å². The van der Waals surface area contributed by atoms with Crippen LogP contribution in [-0.4, -0.2) is 45.3 Å². The first-order chi connectivity index (χ1) is 14.7. The van der Waals surface area contributed by atoms with Gasteiger partial charge < -0.3 is 9.64 Å². The molecule has 1 atom stereocenters. The molecule has 1 amide bonds. The van der Waals surface area contributed by atoms with E-state index in [0.29, 0.717) is 18.4 Å². The zero-order chi connectivity index (χ0) is 20.9. The van der Waals surface area contributed by atoms with Crippen molar-refractivity contribution in [2.45, 2.75) is 50.7 Å². The van der Waals surface area contributed by atoms with E-state index >= 15 is 0 Å². The number of imidazole rings is 1. The van der Waals surface area contributed by atoms with Crippen molar-refractivity contribution in [2.75, 3.05) is 18.9 Å². The minimum atomic E-state index is 0.219. The minimum absolute atomic E-state index is 0.219. The molecule has 6 heteroatoms. The molecular formula is C24H29N3O2S. The molecule has 0 radical (unpaired) electrons. The quantitative estimate of drug-likeness (QED) is 0.483. The number of carbonyl (C=O) groups is 1. The summed E-state index contributed by atoms with van der Waals surface area (Å²) in [5.41, 5.74) is 3.00. The normalized spacial score (nSPS) is 16.7. The van der Waals surface area contributed by atoms with E-state index in [0.717, 1.165) is 53.4 Å². The molecule has 0 spiro atoms. The molecule has 4 rings (SSSR count). The maximum Gasteiger partial charge on any atom is 0.233 e. The van der Waals surface area contributed by atoms with E-state index in [1.807, 2.05) is 49.4 Å². The van der Waals surface area contributed by atoms with Gasteiger partial charge >= 0.3 is 0 Å². The van der Waals surface area contributed by atoms with Gasteiger partial charge in [0.25, 0.3) is 0 Å². The third-order valence-electron chi connectivity index (χ3n) is 5.68. The third-order valence-corrected chi connectivity index (χ3v) is 6.60. The van der Waals surface area contributed by atoms with Crippen LogP contribution in [0.15, 0.2) is 53.7 Å². The van der Waals surface area contributed by atoms with Crippen molar-refractivity contribution in [1.29, 1.82) is 0 Å². The van der Waals surface area contributed by atoms with Crippen molar-refractivity contribution in [2.24, 2.45) is 0 Å². The van der Waals surface area contributed by atoms with Crippen molar-refractivity contribution >= 4 is 28.7 Å². The SMILES string of the molecule is CCOc1ccc(-n2c(SCC(=O)N3CCCC[C@@H]3CC)nc3ccccc32)cc1. The van der Waals surface area contributed by atoms with Crippen LogP contribution >= 0.6 is 11.8 Å². The lowest BCUT2D eigenvalue weighted by Gasteiger charge is -2.35. The fraction of sp³-hybridized carbons (Fsp3) is 0.417. The Labute approximate surface area is 182 Å². The number of para-hydroxylation sites is 2. The summed E-state index contributed by atoms with van der Waals surface area (Å²) in [4.78, 5) is 19.9. The summed E-state index contributed by atoms with van der Waals surface area (Å²) in [5, 5.41) is 0.846. The van der Waals surface area contributed by atoms with Crippen LogP contribution in [0.4, 0.5) is 0 Å². The maximum atomic E-state index is 13.0. The molecule has 1 saturated heterocycles. The minimum Gasteiger partial charge on any atom is -0.494 e. The number of hydrogen-bond donors (Lipinski definition) is 0. The summed E-state index contributed by atoms with van der Waals surface area (Å²) >= 11 is 1.53. The molecule has 1 fully saturated rings. The van der Waals surface area contributed by atoms with Gasteiger partial charge in [0.2, 0.25) is 5.91 Å². The van der Waals surface area contributed by atoms with Gasteiger partial charge in [0.05, 0.1) is 23.4 Å². The summed E-state index contributed by atoms with van der Waals surface area (Å²) in [7, 11) is 0. The Bertz CT molecular complexity index is 999. The summed E-state index contributed by atoms with van der Waals surface area (Å²) in [6.45, 7) is 5.68. The lowest BCUT2D eigenvalue weighted by Crippen LogP contribution is -2.44. The third kappa shape index (κ3) is 4.33. The summed E-state index contributed by atoms with van der Waals surface area (Å²) < 4.78 is 7.72. The standard InChI is InChI=1S/C24H29N3O2S/c1-3-18-9-7-8-16-26(18)23(28)17-30-24-25-21-10-5-6-11-22(21)27(24)19-12-14-20(15-13-19)29-4-2/h5-6,10-15,18H,3-4,7-9,16-17H2,1-2H3/t18-/m0/s1. The van der Waals surface area contributed by atoms with Crippen LogP contribution in [0.1, 0.15) is 39.5 Å². The van der Waals surface area contributed by atoms with Crippen LogP contribution in [0.5, 0.6) is 5.75 Å². The van der Waals surface area contributed by atoms with Crippen LogP contribution in [0, 0.1) is 0 Å². The van der Waals surface area contributed by atoms with E-state index in [-0.39, 0.29) is 5.91 Å². The Morgan fingerprint density at radius 3 is 2.70 bits per heavy atom. The second-order valence-electron chi connectivity index (χ2n) is 7.58. The number of fused-ring (bicyclic) bond motifs is 1. The molecule has 0 bridgehead atoms. The Hall–Kier alpha value is -2.47. The monoisotopic (exact) mass is 423 g/mol. The first kappa shape index (κ1) is 20.8. The van der Waals surface area contributed by atoms with Crippen molar-refractivity contribution in [3.05, 3.63) is 48.5 Å². The van der Waals surface area contributed by atoms with Crippen LogP contribution in [0.3, 0.4) is 0 Å². The second-order valence-corrected chi connectivity index (χ2v) is 8.52. The maximum absolute atomic E-state index is 13.0. The van der Waals surface area contributed by atoms with Crippen molar-refractivity contribution < 1.29 is 9.53 Å². The van der Waals surface area contributed by atoms with Gasteiger partial charge in [-0.2, -0.15) is 0 Å². The Morgan fingerprint density at radius 1 is 1.13 bits per heavy atom.